The highest BCUT2D eigenvalue weighted by Gasteiger charge is 2.03. The number of para-hydroxylation sites is 1. The fourth-order valence-electron chi connectivity index (χ4n) is 2.03. The highest BCUT2D eigenvalue weighted by Crippen LogP contribution is 2.25. The molecule has 2 aromatic rings. The number of nitrogens with one attached hydrogen (secondary N) is 1. The zero-order chi connectivity index (χ0) is 14.4. The minimum Gasteiger partial charge on any atom is -0.397 e. The standard InChI is InChI=1S/C16H23N3O/c1-12(2)7-10-20-11-9-18-15-6-8-19-16-13(15)4-3-5-14(16)17/h3-6,8,12H,7,9-11,17H2,1-2H3,(H,18,19). The molecule has 0 unspecified atom stereocenters. The molecule has 108 valence electrons. The molecule has 2 rings (SSSR count). The lowest BCUT2D eigenvalue weighted by atomic mass is 10.1. The average Bonchev–Trinajstić information content (AvgIpc) is 2.43. The van der Waals surface area contributed by atoms with Crippen LogP contribution >= 0.6 is 0 Å². The van der Waals surface area contributed by atoms with Gasteiger partial charge in [-0.3, -0.25) is 4.98 Å². The van der Waals surface area contributed by atoms with Gasteiger partial charge in [0.2, 0.25) is 0 Å². The molecule has 0 aliphatic heterocycles. The molecule has 0 amide bonds. The Kier molecular flexibility index (Phi) is 5.18. The van der Waals surface area contributed by atoms with Gasteiger partial charge >= 0.3 is 0 Å². The maximum atomic E-state index is 5.93. The van der Waals surface area contributed by atoms with Crippen LogP contribution in [0.25, 0.3) is 10.9 Å². The number of rotatable bonds is 7. The first kappa shape index (κ1) is 14.6. The summed E-state index contributed by atoms with van der Waals surface area (Å²) >= 11 is 0. The lowest BCUT2D eigenvalue weighted by Gasteiger charge is -2.11. The zero-order valence-corrected chi connectivity index (χ0v) is 12.2. The SMILES string of the molecule is CC(C)CCOCCNc1ccnc2c(N)cccc12. The first-order valence-electron chi connectivity index (χ1n) is 7.13. The van der Waals surface area contributed by atoms with Gasteiger partial charge in [0.1, 0.15) is 0 Å². The number of hydrogen-bond acceptors (Lipinski definition) is 4. The molecule has 0 aliphatic carbocycles. The fraction of sp³-hybridized carbons (Fsp3) is 0.438. The van der Waals surface area contributed by atoms with Gasteiger partial charge in [-0.25, -0.2) is 0 Å². The van der Waals surface area contributed by atoms with Crippen LogP contribution in [0.3, 0.4) is 0 Å². The van der Waals surface area contributed by atoms with Crippen LogP contribution in [0.1, 0.15) is 20.3 Å². The molecule has 0 atom stereocenters. The van der Waals surface area contributed by atoms with Gasteiger partial charge in [-0.1, -0.05) is 26.0 Å². The maximum absolute atomic E-state index is 5.93. The smallest absolute Gasteiger partial charge is 0.0951 e. The van der Waals surface area contributed by atoms with E-state index in [1.807, 2.05) is 24.3 Å². The van der Waals surface area contributed by atoms with E-state index in [2.05, 4.69) is 24.1 Å². The molecule has 1 aromatic heterocycles. The Morgan fingerprint density at radius 3 is 2.90 bits per heavy atom. The van der Waals surface area contributed by atoms with Crippen molar-refractivity contribution in [3.63, 3.8) is 0 Å². The molecule has 1 heterocycles. The largest absolute Gasteiger partial charge is 0.397 e. The van der Waals surface area contributed by atoms with Crippen LogP contribution in [0.2, 0.25) is 0 Å². The Balaban J connectivity index is 1.89. The Morgan fingerprint density at radius 1 is 1.25 bits per heavy atom. The monoisotopic (exact) mass is 273 g/mol. The van der Waals surface area contributed by atoms with Gasteiger partial charge in [-0.2, -0.15) is 0 Å². The van der Waals surface area contributed by atoms with E-state index >= 15 is 0 Å². The van der Waals surface area contributed by atoms with Crippen LogP contribution in [0.15, 0.2) is 30.5 Å². The number of aromatic nitrogens is 1. The van der Waals surface area contributed by atoms with Crippen molar-refractivity contribution in [3.05, 3.63) is 30.5 Å². The van der Waals surface area contributed by atoms with Gasteiger partial charge < -0.3 is 15.8 Å². The van der Waals surface area contributed by atoms with Crippen molar-refractivity contribution in [2.45, 2.75) is 20.3 Å². The first-order chi connectivity index (χ1) is 9.68. The predicted octanol–water partition coefficient (Wildman–Crippen LogP) is 3.29. The number of nitrogen functional groups attached to an aromatic ring is 1. The number of benzene rings is 1. The summed E-state index contributed by atoms with van der Waals surface area (Å²) in [6.07, 6.45) is 2.88. The van der Waals surface area contributed by atoms with Crippen molar-refractivity contribution < 1.29 is 4.74 Å². The quantitative estimate of drug-likeness (QED) is 0.600. The van der Waals surface area contributed by atoms with E-state index in [0.717, 1.165) is 36.2 Å². The average molecular weight is 273 g/mol. The van der Waals surface area contributed by atoms with Gasteiger partial charge in [0, 0.05) is 30.4 Å². The number of pyridine rings is 1. The number of ether oxygens (including phenoxy) is 1. The number of fused-ring (bicyclic) bond motifs is 1. The Labute approximate surface area is 120 Å². The zero-order valence-electron chi connectivity index (χ0n) is 12.2. The van der Waals surface area contributed by atoms with Gasteiger partial charge in [-0.15, -0.1) is 0 Å². The fourth-order valence-corrected chi connectivity index (χ4v) is 2.03. The summed E-state index contributed by atoms with van der Waals surface area (Å²) in [6.45, 7) is 6.72. The summed E-state index contributed by atoms with van der Waals surface area (Å²) in [5.74, 6) is 0.690. The molecule has 0 radical (unpaired) electrons. The Bertz CT molecular complexity index is 554. The second kappa shape index (κ2) is 7.10. The van der Waals surface area contributed by atoms with Crippen LogP contribution < -0.4 is 11.1 Å². The minimum atomic E-state index is 0.690. The topological polar surface area (TPSA) is 60.2 Å². The van der Waals surface area contributed by atoms with Crippen LogP contribution in [-0.2, 0) is 4.74 Å². The number of hydrogen-bond donors (Lipinski definition) is 2. The van der Waals surface area contributed by atoms with Crippen molar-refractivity contribution in [3.8, 4) is 0 Å². The number of nitrogens with two attached hydrogens (primary N) is 1. The van der Waals surface area contributed by atoms with E-state index in [4.69, 9.17) is 10.5 Å². The van der Waals surface area contributed by atoms with Crippen LogP contribution in [0.5, 0.6) is 0 Å². The van der Waals surface area contributed by atoms with Crippen molar-refractivity contribution in [1.82, 2.24) is 4.98 Å². The Hall–Kier alpha value is -1.81. The molecule has 0 bridgehead atoms. The van der Waals surface area contributed by atoms with Crippen molar-refractivity contribution in [2.24, 2.45) is 5.92 Å². The van der Waals surface area contributed by atoms with E-state index in [1.54, 1.807) is 6.20 Å². The second-order valence-electron chi connectivity index (χ2n) is 5.32. The summed E-state index contributed by atoms with van der Waals surface area (Å²) < 4.78 is 5.60. The molecule has 0 saturated heterocycles. The molecule has 0 aliphatic rings. The maximum Gasteiger partial charge on any atom is 0.0951 e. The lowest BCUT2D eigenvalue weighted by Crippen LogP contribution is -2.11. The van der Waals surface area contributed by atoms with Crippen molar-refractivity contribution >= 4 is 22.3 Å². The molecule has 0 saturated carbocycles. The summed E-state index contributed by atoms with van der Waals surface area (Å²) in [6, 6.07) is 7.81. The number of anilines is 2. The normalized spacial score (nSPS) is 11.2. The third-order valence-electron chi connectivity index (χ3n) is 3.20. The van der Waals surface area contributed by atoms with Gasteiger partial charge in [0.05, 0.1) is 17.8 Å². The third-order valence-corrected chi connectivity index (χ3v) is 3.20. The lowest BCUT2D eigenvalue weighted by molar-refractivity contribution is 0.133. The summed E-state index contributed by atoms with van der Waals surface area (Å²) in [5.41, 5.74) is 8.54. The molecule has 4 nitrogen and oxygen atoms in total. The van der Waals surface area contributed by atoms with Crippen molar-refractivity contribution in [1.29, 1.82) is 0 Å². The highest BCUT2D eigenvalue weighted by molar-refractivity contribution is 5.97. The van der Waals surface area contributed by atoms with E-state index in [9.17, 15) is 0 Å². The third kappa shape index (κ3) is 3.84. The van der Waals surface area contributed by atoms with E-state index < -0.39 is 0 Å². The van der Waals surface area contributed by atoms with Crippen LogP contribution in [0, 0.1) is 5.92 Å². The summed E-state index contributed by atoms with van der Waals surface area (Å²) in [4.78, 5) is 4.32. The van der Waals surface area contributed by atoms with Crippen molar-refractivity contribution in [2.75, 3.05) is 30.8 Å². The summed E-state index contributed by atoms with van der Waals surface area (Å²) in [5, 5.41) is 4.43. The summed E-state index contributed by atoms with van der Waals surface area (Å²) in [7, 11) is 0. The van der Waals surface area contributed by atoms with Crippen LogP contribution in [0.4, 0.5) is 11.4 Å². The van der Waals surface area contributed by atoms with Gasteiger partial charge in [-0.05, 0) is 24.5 Å². The predicted molar refractivity (Wildman–Crippen MR) is 84.9 cm³/mol. The molecule has 4 heteroatoms. The van der Waals surface area contributed by atoms with Gasteiger partial charge in [0.25, 0.3) is 0 Å². The molecular formula is C16H23N3O. The highest BCUT2D eigenvalue weighted by atomic mass is 16.5. The minimum absolute atomic E-state index is 0.690. The molecule has 20 heavy (non-hydrogen) atoms. The van der Waals surface area contributed by atoms with Crippen LogP contribution in [-0.4, -0.2) is 24.7 Å². The van der Waals surface area contributed by atoms with E-state index in [0.29, 0.717) is 18.2 Å². The Morgan fingerprint density at radius 2 is 2.10 bits per heavy atom. The van der Waals surface area contributed by atoms with E-state index in [-0.39, 0.29) is 0 Å². The van der Waals surface area contributed by atoms with Gasteiger partial charge in [0.15, 0.2) is 0 Å². The second-order valence-corrected chi connectivity index (χ2v) is 5.32. The molecule has 0 fully saturated rings. The molecule has 1 aromatic carbocycles. The molecule has 0 spiro atoms. The first-order valence-corrected chi connectivity index (χ1v) is 7.13. The number of nitrogens with zero attached hydrogens (tertiary/aromatic N) is 1. The van der Waals surface area contributed by atoms with E-state index in [1.165, 1.54) is 0 Å². The molecule has 3 N–H and O–H groups in total. The molecular weight excluding hydrogens is 250 g/mol.